The van der Waals surface area contributed by atoms with Crippen molar-refractivity contribution in [3.63, 3.8) is 0 Å². The highest BCUT2D eigenvalue weighted by Crippen LogP contribution is 2.39. The lowest BCUT2D eigenvalue weighted by Gasteiger charge is -2.14. The molecule has 1 aliphatic heterocycles. The molecule has 0 unspecified atom stereocenters. The Morgan fingerprint density at radius 3 is 2.38 bits per heavy atom. The van der Waals surface area contributed by atoms with Gasteiger partial charge in [0.25, 0.3) is 5.91 Å². The molecule has 0 atom stereocenters. The van der Waals surface area contributed by atoms with Gasteiger partial charge in [-0.1, -0.05) is 0 Å². The van der Waals surface area contributed by atoms with Crippen LogP contribution in [0.2, 0.25) is 0 Å². The van der Waals surface area contributed by atoms with Crippen LogP contribution in [0.1, 0.15) is 27.4 Å². The van der Waals surface area contributed by atoms with Crippen molar-refractivity contribution in [2.75, 3.05) is 13.3 Å². The van der Waals surface area contributed by atoms with Gasteiger partial charge in [0.1, 0.15) is 28.7 Å². The monoisotopic (exact) mass is 497 g/mol. The summed E-state index contributed by atoms with van der Waals surface area (Å²) in [6.45, 7) is 1.64. The number of nitrogens with zero attached hydrogens (tertiary/aromatic N) is 3. The third kappa shape index (κ3) is 4.38. The second-order valence-corrected chi connectivity index (χ2v) is 9.29. The van der Waals surface area contributed by atoms with Gasteiger partial charge in [0.05, 0.1) is 11.3 Å². The van der Waals surface area contributed by atoms with Crippen LogP contribution in [-0.2, 0) is 9.84 Å². The number of carbonyl (C=O) groups is 1. The summed E-state index contributed by atoms with van der Waals surface area (Å²) in [6.07, 6.45) is -3.13. The molecule has 4 rings (SSSR count). The summed E-state index contributed by atoms with van der Waals surface area (Å²) in [5, 5.41) is -0.616. The SMILES string of the molecule is Cc1ccc(-c2nc(S(C)(=O)=O)nc3c2C(=O)N(C)/C3=C\c2ccc(F)cc2OC(F)(F)F)o1. The van der Waals surface area contributed by atoms with Gasteiger partial charge in [-0.05, 0) is 37.3 Å². The van der Waals surface area contributed by atoms with Crippen molar-refractivity contribution in [1.29, 1.82) is 0 Å². The first-order chi connectivity index (χ1) is 15.7. The van der Waals surface area contributed by atoms with Crippen LogP contribution in [0.4, 0.5) is 17.6 Å². The van der Waals surface area contributed by atoms with Crippen LogP contribution in [0.3, 0.4) is 0 Å². The third-order valence-corrected chi connectivity index (χ3v) is 5.66. The number of rotatable bonds is 4. The number of hydrogen-bond donors (Lipinski definition) is 0. The molecule has 1 aliphatic rings. The maximum absolute atomic E-state index is 13.6. The van der Waals surface area contributed by atoms with Crippen LogP contribution in [0, 0.1) is 12.7 Å². The van der Waals surface area contributed by atoms with Crippen LogP contribution in [0.5, 0.6) is 5.75 Å². The van der Waals surface area contributed by atoms with E-state index in [-0.39, 0.29) is 34.0 Å². The number of carbonyl (C=O) groups excluding carboxylic acids is 1. The Kier molecular flexibility index (Phi) is 5.47. The van der Waals surface area contributed by atoms with Gasteiger partial charge in [-0.15, -0.1) is 13.2 Å². The molecule has 2 aromatic heterocycles. The maximum Gasteiger partial charge on any atom is 0.573 e. The Labute approximate surface area is 190 Å². The maximum atomic E-state index is 13.6. The number of amides is 1. The van der Waals surface area contributed by atoms with Gasteiger partial charge in [-0.25, -0.2) is 22.8 Å². The van der Waals surface area contributed by atoms with E-state index in [0.717, 1.165) is 29.4 Å². The molecule has 178 valence electrons. The fourth-order valence-corrected chi connectivity index (χ4v) is 3.84. The third-order valence-electron chi connectivity index (χ3n) is 4.81. The van der Waals surface area contributed by atoms with Crippen LogP contribution in [-0.4, -0.2) is 48.9 Å². The molecule has 0 bridgehead atoms. The normalized spacial score (nSPS) is 15.2. The highest BCUT2D eigenvalue weighted by atomic mass is 32.2. The van der Waals surface area contributed by atoms with E-state index >= 15 is 0 Å². The van der Waals surface area contributed by atoms with Crippen LogP contribution < -0.4 is 4.74 Å². The van der Waals surface area contributed by atoms with Gasteiger partial charge in [0, 0.05) is 24.9 Å². The topological polar surface area (TPSA) is 103 Å². The number of furan rings is 1. The molecule has 8 nitrogen and oxygen atoms in total. The molecule has 1 amide bonds. The molecule has 0 spiro atoms. The molecule has 3 heterocycles. The van der Waals surface area contributed by atoms with E-state index in [1.807, 2.05) is 0 Å². The number of alkyl halides is 3. The largest absolute Gasteiger partial charge is 0.573 e. The van der Waals surface area contributed by atoms with Crippen molar-refractivity contribution in [1.82, 2.24) is 14.9 Å². The van der Waals surface area contributed by atoms with Gasteiger partial charge >= 0.3 is 6.36 Å². The lowest BCUT2D eigenvalue weighted by atomic mass is 10.1. The second-order valence-electron chi connectivity index (χ2n) is 7.38. The van der Waals surface area contributed by atoms with E-state index < -0.39 is 38.8 Å². The molecule has 0 aliphatic carbocycles. The number of aromatic nitrogens is 2. The Balaban J connectivity index is 1.99. The van der Waals surface area contributed by atoms with Crippen molar-refractivity contribution in [3.05, 3.63) is 58.7 Å². The smallest absolute Gasteiger partial charge is 0.460 e. The summed E-state index contributed by atoms with van der Waals surface area (Å²) in [6, 6.07) is 5.55. The van der Waals surface area contributed by atoms with E-state index in [1.165, 1.54) is 13.1 Å². The number of aryl methyl sites for hydroxylation is 1. The molecule has 0 saturated carbocycles. The van der Waals surface area contributed by atoms with Crippen molar-refractivity contribution in [2.24, 2.45) is 0 Å². The highest BCUT2D eigenvalue weighted by Gasteiger charge is 2.38. The van der Waals surface area contributed by atoms with Gasteiger partial charge in [-0.3, -0.25) is 4.79 Å². The minimum atomic E-state index is -5.10. The zero-order valence-electron chi connectivity index (χ0n) is 17.8. The van der Waals surface area contributed by atoms with Gasteiger partial charge < -0.3 is 14.1 Å². The predicted octanol–water partition coefficient (Wildman–Crippen LogP) is 4.07. The molecular formula is C21H15F4N3O5S. The number of hydrogen-bond acceptors (Lipinski definition) is 7. The molecule has 0 radical (unpaired) electrons. The minimum absolute atomic E-state index is 0.0459. The fourth-order valence-electron chi connectivity index (χ4n) is 3.32. The molecule has 0 fully saturated rings. The first-order valence-corrected chi connectivity index (χ1v) is 11.4. The summed E-state index contributed by atoms with van der Waals surface area (Å²) in [7, 11) is -2.64. The fraction of sp³-hybridized carbons (Fsp3) is 0.190. The molecule has 0 N–H and O–H groups in total. The number of ether oxygens (including phenoxy) is 1. The van der Waals surface area contributed by atoms with Crippen molar-refractivity contribution < 1.29 is 39.9 Å². The van der Waals surface area contributed by atoms with E-state index in [4.69, 9.17) is 4.42 Å². The van der Waals surface area contributed by atoms with Crippen molar-refractivity contribution in [2.45, 2.75) is 18.4 Å². The highest BCUT2D eigenvalue weighted by molar-refractivity contribution is 7.90. The molecule has 1 aromatic carbocycles. The van der Waals surface area contributed by atoms with Crippen LogP contribution in [0.25, 0.3) is 23.2 Å². The van der Waals surface area contributed by atoms with E-state index in [9.17, 15) is 30.8 Å². The van der Waals surface area contributed by atoms with Gasteiger partial charge in [-0.2, -0.15) is 0 Å². The number of benzene rings is 1. The summed E-state index contributed by atoms with van der Waals surface area (Å²) < 4.78 is 86.1. The number of fused-ring (bicyclic) bond motifs is 1. The quantitative estimate of drug-likeness (QED) is 0.396. The number of sulfone groups is 1. The molecule has 13 heteroatoms. The summed E-state index contributed by atoms with van der Waals surface area (Å²) in [4.78, 5) is 22.2. The lowest BCUT2D eigenvalue weighted by molar-refractivity contribution is -0.274. The Morgan fingerprint density at radius 2 is 1.79 bits per heavy atom. The van der Waals surface area contributed by atoms with E-state index in [2.05, 4.69) is 14.7 Å². The predicted molar refractivity (Wildman–Crippen MR) is 111 cm³/mol. The lowest BCUT2D eigenvalue weighted by Crippen LogP contribution is -2.19. The summed E-state index contributed by atoms with van der Waals surface area (Å²) in [5.74, 6) is -1.90. The minimum Gasteiger partial charge on any atom is -0.460 e. The molecule has 3 aromatic rings. The standard InChI is InChI=1S/C21H15F4N3O5S/c1-10-4-7-14(32-10)18-16-17(26-20(27-18)34(3,30)31)13(28(2)19(16)29)8-11-5-6-12(22)9-15(11)33-21(23,24)25/h4-9H,1-3H3/b13-8-. The average molecular weight is 497 g/mol. The Hall–Kier alpha value is -3.74. The Bertz CT molecular complexity index is 1460. The first-order valence-electron chi connectivity index (χ1n) is 9.49. The first kappa shape index (κ1) is 23.4. The second kappa shape index (κ2) is 7.94. The molecular weight excluding hydrogens is 482 g/mol. The van der Waals surface area contributed by atoms with E-state index in [1.54, 1.807) is 13.0 Å². The van der Waals surface area contributed by atoms with Gasteiger partial charge in [0.2, 0.25) is 15.0 Å². The van der Waals surface area contributed by atoms with Gasteiger partial charge in [0.15, 0.2) is 5.76 Å². The van der Waals surface area contributed by atoms with E-state index in [0.29, 0.717) is 11.8 Å². The average Bonchev–Trinajstić information content (AvgIpc) is 3.24. The van der Waals surface area contributed by atoms with Crippen molar-refractivity contribution >= 4 is 27.5 Å². The molecule has 34 heavy (non-hydrogen) atoms. The molecule has 0 saturated heterocycles. The summed E-state index contributed by atoms with van der Waals surface area (Å²) >= 11 is 0. The zero-order chi connectivity index (χ0) is 25.0. The zero-order valence-corrected chi connectivity index (χ0v) is 18.6. The Morgan fingerprint density at radius 1 is 1.12 bits per heavy atom. The number of halogens is 4. The van der Waals surface area contributed by atoms with Crippen LogP contribution in [0.15, 0.2) is 39.9 Å². The van der Waals surface area contributed by atoms with Crippen LogP contribution >= 0.6 is 0 Å². The van der Waals surface area contributed by atoms with Crippen molar-refractivity contribution in [3.8, 4) is 17.2 Å². The summed E-state index contributed by atoms with van der Waals surface area (Å²) in [5.41, 5.74) is -0.610.